The standard InChI is InChI=1S/C13H23N3O3S/c1-5-7-15-9-11(20(14,18)19)8-12(15)13(17)16(6-2)10(3)4/h8-10H,5-7H2,1-4H3,(H2,14,18,19). The van der Waals surface area contributed by atoms with Crippen molar-refractivity contribution in [1.82, 2.24) is 9.47 Å². The number of hydrogen-bond acceptors (Lipinski definition) is 3. The minimum atomic E-state index is -3.80. The Hall–Kier alpha value is -1.34. The molecular formula is C13H23N3O3S. The summed E-state index contributed by atoms with van der Waals surface area (Å²) in [5.41, 5.74) is 0.367. The first-order chi connectivity index (χ1) is 9.22. The maximum Gasteiger partial charge on any atom is 0.270 e. The van der Waals surface area contributed by atoms with Crippen LogP contribution in [0.2, 0.25) is 0 Å². The Morgan fingerprint density at radius 3 is 2.40 bits per heavy atom. The van der Waals surface area contributed by atoms with Gasteiger partial charge in [-0.1, -0.05) is 6.92 Å². The number of carbonyl (C=O) groups excluding carboxylic acids is 1. The molecule has 0 bridgehead atoms. The summed E-state index contributed by atoms with van der Waals surface area (Å²) in [5, 5.41) is 5.14. The molecule has 1 aromatic rings. The number of rotatable bonds is 6. The molecule has 0 atom stereocenters. The molecule has 0 saturated carbocycles. The van der Waals surface area contributed by atoms with E-state index in [1.165, 1.54) is 12.3 Å². The first kappa shape index (κ1) is 16.7. The van der Waals surface area contributed by atoms with Gasteiger partial charge in [0, 0.05) is 25.3 Å². The molecule has 1 amide bonds. The normalized spacial score (nSPS) is 11.9. The fourth-order valence-corrected chi connectivity index (χ4v) is 2.68. The summed E-state index contributed by atoms with van der Waals surface area (Å²) >= 11 is 0. The second kappa shape index (κ2) is 6.41. The van der Waals surface area contributed by atoms with E-state index in [-0.39, 0.29) is 16.8 Å². The van der Waals surface area contributed by atoms with Gasteiger partial charge in [-0.05, 0) is 33.3 Å². The predicted octanol–water partition coefficient (Wildman–Crippen LogP) is 1.42. The largest absolute Gasteiger partial charge is 0.342 e. The van der Waals surface area contributed by atoms with Gasteiger partial charge in [-0.15, -0.1) is 0 Å². The van der Waals surface area contributed by atoms with E-state index in [0.29, 0.717) is 18.8 Å². The average molecular weight is 301 g/mol. The first-order valence-corrected chi connectivity index (χ1v) is 8.30. The molecule has 0 aliphatic heterocycles. The highest BCUT2D eigenvalue weighted by molar-refractivity contribution is 7.89. The monoisotopic (exact) mass is 301 g/mol. The van der Waals surface area contributed by atoms with Gasteiger partial charge >= 0.3 is 0 Å². The van der Waals surface area contributed by atoms with Crippen LogP contribution in [0.5, 0.6) is 0 Å². The lowest BCUT2D eigenvalue weighted by molar-refractivity contribution is 0.0705. The molecule has 0 saturated heterocycles. The van der Waals surface area contributed by atoms with E-state index in [1.54, 1.807) is 9.47 Å². The second-order valence-electron chi connectivity index (χ2n) is 4.98. The third kappa shape index (κ3) is 3.61. The van der Waals surface area contributed by atoms with Crippen LogP contribution in [-0.4, -0.2) is 36.4 Å². The van der Waals surface area contributed by atoms with Crippen LogP contribution < -0.4 is 5.14 Å². The number of carbonyl (C=O) groups is 1. The summed E-state index contributed by atoms with van der Waals surface area (Å²) in [4.78, 5) is 14.2. The van der Waals surface area contributed by atoms with Crippen LogP contribution in [0.1, 0.15) is 44.6 Å². The molecule has 0 aliphatic rings. The lowest BCUT2D eigenvalue weighted by Crippen LogP contribution is -2.37. The molecule has 7 heteroatoms. The topological polar surface area (TPSA) is 85.4 Å². The maximum atomic E-state index is 12.5. The molecule has 20 heavy (non-hydrogen) atoms. The zero-order valence-corrected chi connectivity index (χ0v) is 13.3. The predicted molar refractivity (Wildman–Crippen MR) is 77.9 cm³/mol. The lowest BCUT2D eigenvalue weighted by Gasteiger charge is -2.25. The Labute approximate surface area is 120 Å². The Morgan fingerprint density at radius 1 is 1.40 bits per heavy atom. The van der Waals surface area contributed by atoms with E-state index in [4.69, 9.17) is 5.14 Å². The number of nitrogens with zero attached hydrogens (tertiary/aromatic N) is 2. The molecule has 1 aromatic heterocycles. The zero-order chi connectivity index (χ0) is 15.5. The molecule has 114 valence electrons. The van der Waals surface area contributed by atoms with Gasteiger partial charge in [0.2, 0.25) is 10.0 Å². The molecular weight excluding hydrogens is 278 g/mol. The number of sulfonamides is 1. The Kier molecular flexibility index (Phi) is 5.35. The minimum absolute atomic E-state index is 0.0193. The molecule has 0 aromatic carbocycles. The van der Waals surface area contributed by atoms with Crippen molar-refractivity contribution >= 4 is 15.9 Å². The summed E-state index contributed by atoms with van der Waals surface area (Å²) in [6.07, 6.45) is 2.23. The van der Waals surface area contributed by atoms with E-state index < -0.39 is 10.0 Å². The van der Waals surface area contributed by atoms with Crippen LogP contribution in [0.25, 0.3) is 0 Å². The number of amides is 1. The van der Waals surface area contributed by atoms with Crippen LogP contribution in [0, 0.1) is 0 Å². The fraction of sp³-hybridized carbons (Fsp3) is 0.615. The Balaban J connectivity index is 3.28. The summed E-state index contributed by atoms with van der Waals surface area (Å²) in [5.74, 6) is -0.175. The lowest BCUT2D eigenvalue weighted by atomic mass is 10.2. The summed E-state index contributed by atoms with van der Waals surface area (Å²) in [7, 11) is -3.80. The van der Waals surface area contributed by atoms with E-state index in [1.807, 2.05) is 27.7 Å². The van der Waals surface area contributed by atoms with Crippen molar-refractivity contribution in [3.8, 4) is 0 Å². The maximum absolute atomic E-state index is 12.5. The first-order valence-electron chi connectivity index (χ1n) is 6.76. The molecule has 0 spiro atoms. The van der Waals surface area contributed by atoms with Crippen LogP contribution in [0.4, 0.5) is 0 Å². The minimum Gasteiger partial charge on any atom is -0.342 e. The van der Waals surface area contributed by atoms with Gasteiger partial charge in [0.05, 0.1) is 0 Å². The third-order valence-corrected chi connectivity index (χ3v) is 3.99. The van der Waals surface area contributed by atoms with Crippen LogP contribution in [0.15, 0.2) is 17.2 Å². The molecule has 6 nitrogen and oxygen atoms in total. The van der Waals surface area contributed by atoms with E-state index in [2.05, 4.69) is 0 Å². The summed E-state index contributed by atoms with van der Waals surface area (Å²) in [6.45, 7) is 8.85. The highest BCUT2D eigenvalue weighted by Gasteiger charge is 2.23. The van der Waals surface area contributed by atoms with Gasteiger partial charge in [0.25, 0.3) is 5.91 Å². The molecule has 0 unspecified atom stereocenters. The smallest absolute Gasteiger partial charge is 0.270 e. The van der Waals surface area contributed by atoms with E-state index in [0.717, 1.165) is 6.42 Å². The van der Waals surface area contributed by atoms with Crippen LogP contribution in [0.3, 0.4) is 0 Å². The summed E-state index contributed by atoms with van der Waals surface area (Å²) in [6, 6.07) is 1.41. The van der Waals surface area contributed by atoms with E-state index >= 15 is 0 Å². The number of hydrogen-bond donors (Lipinski definition) is 1. The number of primary sulfonamides is 1. The molecule has 2 N–H and O–H groups in total. The molecule has 0 aliphatic carbocycles. The second-order valence-corrected chi connectivity index (χ2v) is 6.55. The van der Waals surface area contributed by atoms with Crippen molar-refractivity contribution in [2.24, 2.45) is 5.14 Å². The van der Waals surface area contributed by atoms with Crippen molar-refractivity contribution in [2.45, 2.75) is 51.6 Å². The summed E-state index contributed by atoms with van der Waals surface area (Å²) < 4.78 is 24.5. The van der Waals surface area contributed by atoms with Crippen molar-refractivity contribution in [1.29, 1.82) is 0 Å². The number of nitrogens with two attached hydrogens (primary N) is 1. The van der Waals surface area contributed by atoms with Gasteiger partial charge in [-0.2, -0.15) is 0 Å². The highest BCUT2D eigenvalue weighted by atomic mass is 32.2. The van der Waals surface area contributed by atoms with Crippen molar-refractivity contribution < 1.29 is 13.2 Å². The van der Waals surface area contributed by atoms with Crippen LogP contribution >= 0.6 is 0 Å². The fourth-order valence-electron chi connectivity index (χ4n) is 2.13. The average Bonchev–Trinajstić information content (AvgIpc) is 2.73. The quantitative estimate of drug-likeness (QED) is 0.862. The molecule has 1 rings (SSSR count). The molecule has 0 radical (unpaired) electrons. The van der Waals surface area contributed by atoms with Crippen molar-refractivity contribution in [3.63, 3.8) is 0 Å². The number of aromatic nitrogens is 1. The Bertz CT molecular complexity index is 576. The Morgan fingerprint density at radius 2 is 2.00 bits per heavy atom. The molecule has 0 fully saturated rings. The number of aryl methyl sites for hydroxylation is 1. The van der Waals surface area contributed by atoms with Gasteiger partial charge in [-0.3, -0.25) is 4.79 Å². The van der Waals surface area contributed by atoms with Crippen molar-refractivity contribution in [2.75, 3.05) is 6.54 Å². The van der Waals surface area contributed by atoms with Gasteiger partial charge < -0.3 is 9.47 Å². The van der Waals surface area contributed by atoms with E-state index in [9.17, 15) is 13.2 Å². The van der Waals surface area contributed by atoms with Crippen molar-refractivity contribution in [3.05, 3.63) is 18.0 Å². The van der Waals surface area contributed by atoms with Gasteiger partial charge in [0.1, 0.15) is 10.6 Å². The van der Waals surface area contributed by atoms with Crippen LogP contribution in [-0.2, 0) is 16.6 Å². The van der Waals surface area contributed by atoms with Gasteiger partial charge in [-0.25, -0.2) is 13.6 Å². The highest BCUT2D eigenvalue weighted by Crippen LogP contribution is 2.17. The van der Waals surface area contributed by atoms with Gasteiger partial charge in [0.15, 0.2) is 0 Å². The SMILES string of the molecule is CCCn1cc(S(N)(=O)=O)cc1C(=O)N(CC)C(C)C. The third-order valence-electron chi connectivity index (χ3n) is 3.11. The molecule has 1 heterocycles. The zero-order valence-electron chi connectivity index (χ0n) is 12.5.